The van der Waals surface area contributed by atoms with Crippen LogP contribution in [0.2, 0.25) is 0 Å². The van der Waals surface area contributed by atoms with Crippen molar-refractivity contribution in [1.29, 1.82) is 0 Å². The lowest BCUT2D eigenvalue weighted by molar-refractivity contribution is 0.229. The maximum atomic E-state index is 5.16. The standard InChI is InChI=1S/C29H39N3/c1-20(30-24-11-8-12-24)27-25(22-10-9-17-29(5,19-22)32(6)7)18-26(31-27)21-13-15-23(16-14-21)28(2,3)4/h9-10,13-16,19,24,30H,1,8,11-12,17-18H2,2-7H3. The quantitative estimate of drug-likeness (QED) is 0.575. The second-order valence-corrected chi connectivity index (χ2v) is 11.1. The van der Waals surface area contributed by atoms with E-state index in [0.29, 0.717) is 6.04 Å². The molecule has 0 amide bonds. The second-order valence-electron chi connectivity index (χ2n) is 11.1. The Bertz CT molecular complexity index is 1010. The first kappa shape index (κ1) is 22.8. The molecule has 0 bridgehead atoms. The van der Waals surface area contributed by atoms with E-state index in [-0.39, 0.29) is 11.0 Å². The Kier molecular flexibility index (Phi) is 6.06. The van der Waals surface area contributed by atoms with Gasteiger partial charge in [0, 0.05) is 18.0 Å². The second kappa shape index (κ2) is 8.51. The molecule has 170 valence electrons. The lowest BCUT2D eigenvalue weighted by Crippen LogP contribution is -2.40. The van der Waals surface area contributed by atoms with Gasteiger partial charge < -0.3 is 10.2 Å². The van der Waals surface area contributed by atoms with E-state index in [9.17, 15) is 0 Å². The summed E-state index contributed by atoms with van der Waals surface area (Å²) in [4.78, 5) is 7.46. The lowest BCUT2D eigenvalue weighted by atomic mass is 9.84. The molecule has 1 aromatic carbocycles. The topological polar surface area (TPSA) is 27.6 Å². The predicted octanol–water partition coefficient (Wildman–Crippen LogP) is 6.29. The van der Waals surface area contributed by atoms with E-state index < -0.39 is 0 Å². The average Bonchev–Trinajstić information content (AvgIpc) is 3.16. The number of nitrogens with zero attached hydrogens (tertiary/aromatic N) is 2. The number of benzene rings is 1. The fourth-order valence-corrected chi connectivity index (χ4v) is 4.54. The maximum Gasteiger partial charge on any atom is 0.0900 e. The van der Waals surface area contributed by atoms with Gasteiger partial charge in [-0.1, -0.05) is 69.8 Å². The van der Waals surface area contributed by atoms with Crippen LogP contribution >= 0.6 is 0 Å². The number of rotatable bonds is 6. The zero-order valence-electron chi connectivity index (χ0n) is 20.8. The van der Waals surface area contributed by atoms with Crippen LogP contribution in [0.4, 0.5) is 0 Å². The van der Waals surface area contributed by atoms with Gasteiger partial charge in [0.05, 0.1) is 17.1 Å². The van der Waals surface area contributed by atoms with Crippen molar-refractivity contribution in [3.05, 3.63) is 82.7 Å². The first-order chi connectivity index (χ1) is 15.1. The summed E-state index contributed by atoms with van der Waals surface area (Å²) < 4.78 is 0. The molecular weight excluding hydrogens is 390 g/mol. The third kappa shape index (κ3) is 4.54. The maximum absolute atomic E-state index is 5.16. The Hall–Kier alpha value is -2.39. The largest absolute Gasteiger partial charge is 0.381 e. The molecule has 1 unspecified atom stereocenters. The summed E-state index contributed by atoms with van der Waals surface area (Å²) >= 11 is 0. The van der Waals surface area contributed by atoms with E-state index in [1.165, 1.54) is 41.5 Å². The van der Waals surface area contributed by atoms with Crippen molar-refractivity contribution in [3.8, 4) is 0 Å². The molecular formula is C29H39N3. The van der Waals surface area contributed by atoms with Crippen LogP contribution in [0.25, 0.3) is 0 Å². The zero-order valence-corrected chi connectivity index (χ0v) is 20.8. The summed E-state index contributed by atoms with van der Waals surface area (Å²) in [6.07, 6.45) is 12.6. The van der Waals surface area contributed by atoms with Gasteiger partial charge in [0.15, 0.2) is 0 Å². The van der Waals surface area contributed by atoms with E-state index in [1.54, 1.807) is 0 Å². The normalized spacial score (nSPS) is 23.8. The molecule has 0 saturated heterocycles. The van der Waals surface area contributed by atoms with Crippen molar-refractivity contribution in [2.45, 2.75) is 76.8 Å². The summed E-state index contributed by atoms with van der Waals surface area (Å²) in [5.41, 5.74) is 8.44. The molecule has 0 aromatic heterocycles. The van der Waals surface area contributed by atoms with Crippen molar-refractivity contribution in [3.63, 3.8) is 0 Å². The lowest BCUT2D eigenvalue weighted by Gasteiger charge is -2.36. The van der Waals surface area contributed by atoms with Crippen molar-refractivity contribution in [2.75, 3.05) is 14.1 Å². The first-order valence-corrected chi connectivity index (χ1v) is 12.0. The Labute approximate surface area is 194 Å². The van der Waals surface area contributed by atoms with Gasteiger partial charge in [0.1, 0.15) is 0 Å². The molecule has 2 aliphatic carbocycles. The number of hydrogen-bond donors (Lipinski definition) is 1. The highest BCUT2D eigenvalue weighted by Crippen LogP contribution is 2.37. The average molecular weight is 430 g/mol. The molecule has 1 saturated carbocycles. The van der Waals surface area contributed by atoms with Crippen LogP contribution in [0, 0.1) is 0 Å². The van der Waals surface area contributed by atoms with Crippen LogP contribution in [0.15, 0.2) is 76.6 Å². The third-order valence-electron chi connectivity index (χ3n) is 7.40. The monoisotopic (exact) mass is 429 g/mol. The van der Waals surface area contributed by atoms with E-state index in [0.717, 1.165) is 29.9 Å². The molecule has 1 atom stereocenters. The molecule has 1 N–H and O–H groups in total. The molecule has 0 spiro atoms. The van der Waals surface area contributed by atoms with Crippen LogP contribution in [0.3, 0.4) is 0 Å². The summed E-state index contributed by atoms with van der Waals surface area (Å²) in [6, 6.07) is 9.51. The minimum Gasteiger partial charge on any atom is -0.381 e. The molecule has 3 nitrogen and oxygen atoms in total. The van der Waals surface area contributed by atoms with Gasteiger partial charge in [-0.3, -0.25) is 4.99 Å². The summed E-state index contributed by atoms with van der Waals surface area (Å²) in [7, 11) is 4.32. The fourth-order valence-electron chi connectivity index (χ4n) is 4.54. The fraction of sp³-hybridized carbons (Fsp3) is 0.483. The molecule has 3 aliphatic rings. The summed E-state index contributed by atoms with van der Waals surface area (Å²) in [6.45, 7) is 13.5. The van der Waals surface area contributed by atoms with E-state index >= 15 is 0 Å². The Morgan fingerprint density at radius 2 is 1.84 bits per heavy atom. The molecule has 1 fully saturated rings. The molecule has 4 rings (SSSR count). The molecule has 1 heterocycles. The van der Waals surface area contributed by atoms with Gasteiger partial charge in [-0.15, -0.1) is 0 Å². The Balaban J connectivity index is 1.67. The van der Waals surface area contributed by atoms with Crippen molar-refractivity contribution >= 4 is 5.71 Å². The minimum atomic E-state index is 0.0159. The number of hydrogen-bond acceptors (Lipinski definition) is 3. The van der Waals surface area contributed by atoms with Crippen LogP contribution in [-0.2, 0) is 5.41 Å². The van der Waals surface area contributed by atoms with Crippen molar-refractivity contribution in [2.24, 2.45) is 4.99 Å². The number of nitrogens with one attached hydrogen (secondary N) is 1. The summed E-state index contributed by atoms with van der Waals surface area (Å²) in [5.74, 6) is 0. The van der Waals surface area contributed by atoms with Crippen molar-refractivity contribution < 1.29 is 0 Å². The van der Waals surface area contributed by atoms with Gasteiger partial charge in [0.2, 0.25) is 0 Å². The summed E-state index contributed by atoms with van der Waals surface area (Å²) in [5, 5.41) is 3.65. The molecule has 1 aromatic rings. The van der Waals surface area contributed by atoms with E-state index in [4.69, 9.17) is 4.99 Å². The van der Waals surface area contributed by atoms with Crippen LogP contribution in [0.5, 0.6) is 0 Å². The Morgan fingerprint density at radius 3 is 2.41 bits per heavy atom. The minimum absolute atomic E-state index is 0.0159. The smallest absolute Gasteiger partial charge is 0.0900 e. The highest BCUT2D eigenvalue weighted by Gasteiger charge is 2.30. The number of allylic oxidation sites excluding steroid dienone is 3. The van der Waals surface area contributed by atoms with Crippen LogP contribution < -0.4 is 5.32 Å². The van der Waals surface area contributed by atoms with Crippen molar-refractivity contribution in [1.82, 2.24) is 10.2 Å². The molecule has 32 heavy (non-hydrogen) atoms. The van der Waals surface area contributed by atoms with Gasteiger partial charge in [-0.2, -0.15) is 0 Å². The van der Waals surface area contributed by atoms with Crippen LogP contribution in [0.1, 0.15) is 70.9 Å². The predicted molar refractivity (Wildman–Crippen MR) is 137 cm³/mol. The molecule has 0 radical (unpaired) electrons. The first-order valence-electron chi connectivity index (χ1n) is 12.0. The van der Waals surface area contributed by atoms with E-state index in [2.05, 4.69) is 101 Å². The zero-order chi connectivity index (χ0) is 23.1. The highest BCUT2D eigenvalue weighted by molar-refractivity contribution is 6.05. The van der Waals surface area contributed by atoms with Gasteiger partial charge >= 0.3 is 0 Å². The molecule has 1 aliphatic heterocycles. The van der Waals surface area contributed by atoms with Crippen LogP contribution in [-0.4, -0.2) is 36.3 Å². The third-order valence-corrected chi connectivity index (χ3v) is 7.40. The van der Waals surface area contributed by atoms with Gasteiger partial charge in [0.25, 0.3) is 0 Å². The van der Waals surface area contributed by atoms with E-state index in [1.807, 2.05) is 0 Å². The Morgan fingerprint density at radius 1 is 1.16 bits per heavy atom. The number of likely N-dealkylation sites (N-methyl/N-ethyl adjacent to an activating group) is 1. The SMILES string of the molecule is C=C(NC1CCC1)C1=C(C2=CC(C)(N(C)C)CC=C2)CC(c2ccc(C(C)(C)C)cc2)=N1. The van der Waals surface area contributed by atoms with Gasteiger partial charge in [-0.25, -0.2) is 0 Å². The molecule has 3 heteroatoms. The van der Waals surface area contributed by atoms with Gasteiger partial charge in [-0.05, 0) is 74.4 Å². The highest BCUT2D eigenvalue weighted by atomic mass is 15.1. The number of aliphatic imine (C=N–C) groups is 1.